The molecule has 3 atom stereocenters. The van der Waals surface area contributed by atoms with Gasteiger partial charge in [-0.05, 0) is 25.2 Å². The predicted octanol–water partition coefficient (Wildman–Crippen LogP) is 0.564. The zero-order chi connectivity index (χ0) is 9.42. The van der Waals surface area contributed by atoms with Crippen molar-refractivity contribution < 1.29 is 9.53 Å². The van der Waals surface area contributed by atoms with Gasteiger partial charge >= 0.3 is 6.09 Å². The van der Waals surface area contributed by atoms with E-state index in [4.69, 9.17) is 10.5 Å². The first kappa shape index (κ1) is 8.81. The Hall–Kier alpha value is -0.770. The van der Waals surface area contributed by atoms with E-state index in [-0.39, 0.29) is 18.2 Å². The summed E-state index contributed by atoms with van der Waals surface area (Å²) in [6, 6.07) is 0.379. The molecule has 0 aromatic heterocycles. The normalized spacial score (nSPS) is 37.7. The van der Waals surface area contributed by atoms with Gasteiger partial charge in [0.15, 0.2) is 0 Å². The lowest BCUT2D eigenvalue weighted by molar-refractivity contribution is 0.0276. The molecule has 3 fully saturated rings. The molecular formula is C9H16N2O2. The highest BCUT2D eigenvalue weighted by molar-refractivity contribution is 5.68. The van der Waals surface area contributed by atoms with Crippen molar-refractivity contribution in [1.29, 1.82) is 0 Å². The molecule has 1 amide bonds. The monoisotopic (exact) mass is 184 g/mol. The first-order valence-electron chi connectivity index (χ1n) is 4.82. The Morgan fingerprint density at radius 2 is 2.31 bits per heavy atom. The molecule has 0 spiro atoms. The highest BCUT2D eigenvalue weighted by Crippen LogP contribution is 2.34. The van der Waals surface area contributed by atoms with E-state index in [1.165, 1.54) is 13.5 Å². The topological polar surface area (TPSA) is 55.6 Å². The van der Waals surface area contributed by atoms with Crippen molar-refractivity contribution in [3.63, 3.8) is 0 Å². The average Bonchev–Trinajstić information content (AvgIpc) is 2.17. The first-order valence-corrected chi connectivity index (χ1v) is 4.82. The quantitative estimate of drug-likeness (QED) is 0.598. The summed E-state index contributed by atoms with van der Waals surface area (Å²) in [6.07, 6.45) is 3.11. The number of carbonyl (C=O) groups is 1. The molecule has 2 aliphatic heterocycles. The molecule has 2 N–H and O–H groups in total. The minimum absolute atomic E-state index is 0.159. The zero-order valence-corrected chi connectivity index (χ0v) is 7.90. The van der Waals surface area contributed by atoms with Gasteiger partial charge < -0.3 is 15.4 Å². The summed E-state index contributed by atoms with van der Waals surface area (Å²) < 4.78 is 4.72. The van der Waals surface area contributed by atoms with Crippen LogP contribution in [0.1, 0.15) is 19.3 Å². The van der Waals surface area contributed by atoms with E-state index in [0.717, 1.165) is 19.4 Å². The molecule has 74 valence electrons. The van der Waals surface area contributed by atoms with E-state index in [1.807, 2.05) is 0 Å². The largest absolute Gasteiger partial charge is 0.453 e. The van der Waals surface area contributed by atoms with E-state index in [2.05, 4.69) is 0 Å². The highest BCUT2D eigenvalue weighted by atomic mass is 16.5. The van der Waals surface area contributed by atoms with Crippen LogP contribution in [0.25, 0.3) is 0 Å². The number of rotatable bonds is 0. The van der Waals surface area contributed by atoms with Crippen molar-refractivity contribution in [2.45, 2.75) is 31.3 Å². The molecule has 2 saturated heterocycles. The van der Waals surface area contributed by atoms with Crippen molar-refractivity contribution in [2.75, 3.05) is 13.7 Å². The maximum atomic E-state index is 11.4. The Morgan fingerprint density at radius 3 is 2.85 bits per heavy atom. The summed E-state index contributed by atoms with van der Waals surface area (Å²) in [6.45, 7) is 0.838. The molecule has 2 bridgehead atoms. The van der Waals surface area contributed by atoms with Crippen molar-refractivity contribution in [2.24, 2.45) is 11.7 Å². The summed E-state index contributed by atoms with van der Waals surface area (Å²) in [4.78, 5) is 13.1. The highest BCUT2D eigenvalue weighted by Gasteiger charge is 2.41. The van der Waals surface area contributed by atoms with E-state index in [9.17, 15) is 4.79 Å². The number of piperidine rings is 2. The molecule has 0 radical (unpaired) electrons. The Morgan fingerprint density at radius 1 is 1.54 bits per heavy atom. The third-order valence-corrected chi connectivity index (χ3v) is 3.23. The maximum Gasteiger partial charge on any atom is 0.409 e. The van der Waals surface area contributed by atoms with Crippen LogP contribution in [0, 0.1) is 5.92 Å². The number of nitrogens with two attached hydrogens (primary N) is 1. The summed E-state index contributed by atoms with van der Waals surface area (Å²) in [5, 5.41) is 0. The number of methoxy groups -OCH3 is 1. The molecule has 4 nitrogen and oxygen atoms in total. The van der Waals surface area contributed by atoms with E-state index in [1.54, 1.807) is 4.90 Å². The van der Waals surface area contributed by atoms with Crippen LogP contribution in [0.3, 0.4) is 0 Å². The molecule has 4 heteroatoms. The Labute approximate surface area is 78.0 Å². The standard InChI is InChI=1S/C9H16N2O2/c1-13-9(12)11-5-6-2-3-8(11)7(10)4-6/h6-8H,2-5,10H2,1H3/t6-,7+,8-/m0/s1. The van der Waals surface area contributed by atoms with Crippen LogP contribution in [-0.2, 0) is 4.74 Å². The van der Waals surface area contributed by atoms with Crippen LogP contribution in [-0.4, -0.2) is 36.7 Å². The lowest BCUT2D eigenvalue weighted by Gasteiger charge is -2.47. The van der Waals surface area contributed by atoms with Crippen LogP contribution in [0.2, 0.25) is 0 Å². The molecule has 0 unspecified atom stereocenters. The second-order valence-electron chi connectivity index (χ2n) is 4.03. The van der Waals surface area contributed by atoms with Gasteiger partial charge in [0.2, 0.25) is 0 Å². The molecule has 1 aliphatic carbocycles. The fourth-order valence-corrected chi connectivity index (χ4v) is 2.57. The minimum atomic E-state index is -0.218. The van der Waals surface area contributed by atoms with Gasteiger partial charge in [0.1, 0.15) is 0 Å². The number of ether oxygens (including phenoxy) is 1. The molecular weight excluding hydrogens is 168 g/mol. The van der Waals surface area contributed by atoms with Gasteiger partial charge in [-0.2, -0.15) is 0 Å². The smallest absolute Gasteiger partial charge is 0.409 e. The molecule has 0 aromatic carbocycles. The van der Waals surface area contributed by atoms with Crippen LogP contribution in [0.15, 0.2) is 0 Å². The van der Waals surface area contributed by atoms with Crippen molar-refractivity contribution >= 4 is 6.09 Å². The van der Waals surface area contributed by atoms with E-state index >= 15 is 0 Å². The minimum Gasteiger partial charge on any atom is -0.453 e. The SMILES string of the molecule is COC(=O)N1C[C@H]2CC[C@H]1[C@H](N)C2. The Balaban J connectivity index is 2.10. The molecule has 0 aromatic rings. The summed E-state index contributed by atoms with van der Waals surface area (Å²) >= 11 is 0. The average molecular weight is 184 g/mol. The number of carbonyl (C=O) groups excluding carboxylic acids is 1. The third-order valence-electron chi connectivity index (χ3n) is 3.23. The van der Waals surface area contributed by atoms with E-state index in [0.29, 0.717) is 5.92 Å². The predicted molar refractivity (Wildman–Crippen MR) is 48.2 cm³/mol. The van der Waals surface area contributed by atoms with Gasteiger partial charge in [0, 0.05) is 12.6 Å². The number of nitrogens with zero attached hydrogens (tertiary/aromatic N) is 1. The van der Waals surface area contributed by atoms with Crippen LogP contribution >= 0.6 is 0 Å². The van der Waals surface area contributed by atoms with Gasteiger partial charge in [-0.1, -0.05) is 0 Å². The summed E-state index contributed by atoms with van der Waals surface area (Å²) in [5.41, 5.74) is 5.95. The second-order valence-corrected chi connectivity index (χ2v) is 4.03. The fourth-order valence-electron chi connectivity index (χ4n) is 2.57. The summed E-state index contributed by atoms with van der Waals surface area (Å²) in [7, 11) is 1.43. The number of amides is 1. The van der Waals surface area contributed by atoms with Gasteiger partial charge in [-0.25, -0.2) is 4.79 Å². The Kier molecular flexibility index (Phi) is 2.15. The first-order chi connectivity index (χ1) is 6.22. The van der Waals surface area contributed by atoms with Gasteiger partial charge in [0.25, 0.3) is 0 Å². The fraction of sp³-hybridized carbons (Fsp3) is 0.889. The van der Waals surface area contributed by atoms with Crippen molar-refractivity contribution in [3.8, 4) is 0 Å². The molecule has 13 heavy (non-hydrogen) atoms. The zero-order valence-electron chi connectivity index (χ0n) is 7.90. The number of hydrogen-bond acceptors (Lipinski definition) is 3. The van der Waals surface area contributed by atoms with Gasteiger partial charge in [0.05, 0.1) is 13.2 Å². The lowest BCUT2D eigenvalue weighted by Crippen LogP contribution is -2.60. The van der Waals surface area contributed by atoms with Gasteiger partial charge in [-0.15, -0.1) is 0 Å². The van der Waals surface area contributed by atoms with Crippen LogP contribution in [0.5, 0.6) is 0 Å². The van der Waals surface area contributed by atoms with Crippen LogP contribution in [0.4, 0.5) is 4.79 Å². The molecule has 1 saturated carbocycles. The van der Waals surface area contributed by atoms with Crippen molar-refractivity contribution in [3.05, 3.63) is 0 Å². The second kappa shape index (κ2) is 3.18. The number of hydrogen-bond donors (Lipinski definition) is 1. The van der Waals surface area contributed by atoms with E-state index < -0.39 is 0 Å². The molecule has 2 heterocycles. The number of fused-ring (bicyclic) bond motifs is 3. The van der Waals surface area contributed by atoms with Crippen molar-refractivity contribution in [1.82, 2.24) is 4.90 Å². The van der Waals surface area contributed by atoms with Gasteiger partial charge in [-0.3, -0.25) is 0 Å². The maximum absolute atomic E-state index is 11.4. The van der Waals surface area contributed by atoms with Crippen LogP contribution < -0.4 is 5.73 Å². The molecule has 3 aliphatic rings. The Bertz CT molecular complexity index is 220. The lowest BCUT2D eigenvalue weighted by atomic mass is 9.77. The third kappa shape index (κ3) is 1.39. The molecule has 3 rings (SSSR count). The summed E-state index contributed by atoms with van der Waals surface area (Å²) in [5.74, 6) is 0.596.